The summed E-state index contributed by atoms with van der Waals surface area (Å²) in [5.74, 6) is 0. The molecule has 2 aromatic rings. The molecule has 5 nitrogen and oxygen atoms in total. The van der Waals surface area contributed by atoms with E-state index < -0.39 is 0 Å². The predicted octanol–water partition coefficient (Wildman–Crippen LogP) is 1.89. The summed E-state index contributed by atoms with van der Waals surface area (Å²) in [5, 5.41) is 5.58. The lowest BCUT2D eigenvalue weighted by Gasteiger charge is -2.35. The van der Waals surface area contributed by atoms with Gasteiger partial charge in [0.15, 0.2) is 4.96 Å². The molecule has 120 valence electrons. The van der Waals surface area contributed by atoms with Crippen molar-refractivity contribution in [1.82, 2.24) is 19.6 Å². The number of hydrogen-bond donors (Lipinski definition) is 1. The molecule has 4 rings (SSSR count). The molecule has 7 heteroatoms. The average molecular weight is 341 g/mol. The molecule has 0 saturated carbocycles. The second-order valence-corrected chi connectivity index (χ2v) is 7.19. The zero-order valence-electron chi connectivity index (χ0n) is 12.6. The van der Waals surface area contributed by atoms with Crippen LogP contribution in [0.1, 0.15) is 31.4 Å². The molecular formula is C15H21ClN4OS. The Morgan fingerprint density at radius 2 is 2.14 bits per heavy atom. The van der Waals surface area contributed by atoms with Gasteiger partial charge in [0.05, 0.1) is 5.69 Å². The highest BCUT2D eigenvalue weighted by Gasteiger charge is 2.35. The highest BCUT2D eigenvalue weighted by Crippen LogP contribution is 2.29. The van der Waals surface area contributed by atoms with E-state index >= 15 is 0 Å². The van der Waals surface area contributed by atoms with Crippen LogP contribution in [0.25, 0.3) is 4.96 Å². The van der Waals surface area contributed by atoms with Crippen molar-refractivity contribution in [2.75, 3.05) is 7.05 Å². The molecule has 2 saturated heterocycles. The van der Waals surface area contributed by atoms with Crippen LogP contribution in [0.5, 0.6) is 0 Å². The number of piperidine rings is 1. The Bertz CT molecular complexity index is 703. The van der Waals surface area contributed by atoms with Gasteiger partial charge in [-0.2, -0.15) is 0 Å². The third kappa shape index (κ3) is 2.93. The molecule has 0 aliphatic carbocycles. The van der Waals surface area contributed by atoms with Crippen molar-refractivity contribution < 1.29 is 0 Å². The Morgan fingerprint density at radius 1 is 1.41 bits per heavy atom. The summed E-state index contributed by atoms with van der Waals surface area (Å²) >= 11 is 1.51. The smallest absolute Gasteiger partial charge is 0.258 e. The van der Waals surface area contributed by atoms with Crippen molar-refractivity contribution in [2.45, 2.75) is 50.4 Å². The minimum Gasteiger partial charge on any atom is -0.311 e. The van der Waals surface area contributed by atoms with Crippen LogP contribution in [-0.2, 0) is 6.54 Å². The summed E-state index contributed by atoms with van der Waals surface area (Å²) in [6.45, 7) is 0.758. The molecule has 2 aliphatic rings. The maximum atomic E-state index is 12.0. The first-order valence-electron chi connectivity index (χ1n) is 7.61. The molecule has 2 aliphatic heterocycles. The van der Waals surface area contributed by atoms with E-state index in [4.69, 9.17) is 0 Å². The molecule has 0 spiro atoms. The molecule has 2 bridgehead atoms. The molecule has 0 aromatic carbocycles. The molecular weight excluding hydrogens is 320 g/mol. The van der Waals surface area contributed by atoms with Crippen LogP contribution in [0, 0.1) is 0 Å². The Balaban J connectivity index is 0.00000144. The van der Waals surface area contributed by atoms with Gasteiger partial charge in [0, 0.05) is 42.3 Å². The van der Waals surface area contributed by atoms with Gasteiger partial charge in [-0.1, -0.05) is 0 Å². The first-order chi connectivity index (χ1) is 10.2. The van der Waals surface area contributed by atoms with Crippen molar-refractivity contribution >= 4 is 28.7 Å². The Labute approximate surface area is 139 Å². The highest BCUT2D eigenvalue weighted by atomic mass is 35.5. The zero-order valence-corrected chi connectivity index (χ0v) is 14.2. The largest absolute Gasteiger partial charge is 0.311 e. The van der Waals surface area contributed by atoms with E-state index in [1.54, 1.807) is 16.7 Å². The van der Waals surface area contributed by atoms with Crippen LogP contribution < -0.4 is 10.9 Å². The molecule has 1 N–H and O–H groups in total. The average Bonchev–Trinajstić information content (AvgIpc) is 3.05. The second-order valence-electron chi connectivity index (χ2n) is 6.32. The van der Waals surface area contributed by atoms with Gasteiger partial charge in [-0.15, -0.1) is 23.7 Å². The number of thiazole rings is 1. The van der Waals surface area contributed by atoms with Crippen molar-refractivity contribution in [3.63, 3.8) is 0 Å². The van der Waals surface area contributed by atoms with Gasteiger partial charge in [0.2, 0.25) is 0 Å². The van der Waals surface area contributed by atoms with E-state index in [0.717, 1.165) is 17.2 Å². The van der Waals surface area contributed by atoms with Gasteiger partial charge >= 0.3 is 0 Å². The Morgan fingerprint density at radius 3 is 2.86 bits per heavy atom. The van der Waals surface area contributed by atoms with Crippen molar-refractivity contribution in [3.8, 4) is 0 Å². The topological polar surface area (TPSA) is 49.6 Å². The third-order valence-electron chi connectivity index (χ3n) is 4.84. The Hall–Kier alpha value is -0.950. The van der Waals surface area contributed by atoms with Gasteiger partial charge in [0.1, 0.15) is 0 Å². The maximum absolute atomic E-state index is 12.0. The zero-order chi connectivity index (χ0) is 14.4. The lowest BCUT2D eigenvalue weighted by atomic mass is 9.98. The van der Waals surface area contributed by atoms with E-state index in [2.05, 4.69) is 22.2 Å². The molecule has 2 fully saturated rings. The number of fused-ring (bicyclic) bond motifs is 3. The number of hydrogen-bond acceptors (Lipinski definition) is 5. The summed E-state index contributed by atoms with van der Waals surface area (Å²) in [4.78, 5) is 19.8. The van der Waals surface area contributed by atoms with Crippen LogP contribution in [0.3, 0.4) is 0 Å². The van der Waals surface area contributed by atoms with Crippen molar-refractivity contribution in [3.05, 3.63) is 33.7 Å². The molecule has 0 amide bonds. The van der Waals surface area contributed by atoms with Gasteiger partial charge in [-0.25, -0.2) is 4.98 Å². The third-order valence-corrected chi connectivity index (χ3v) is 5.60. The molecule has 2 atom stereocenters. The SMILES string of the molecule is CN(Cc1cc(=O)n2ccsc2n1)C1CC2CCC(C1)N2.Cl. The van der Waals surface area contributed by atoms with Gasteiger partial charge in [-0.05, 0) is 32.7 Å². The fourth-order valence-corrected chi connectivity index (χ4v) is 4.48. The van der Waals surface area contributed by atoms with Crippen LogP contribution in [0.15, 0.2) is 22.4 Å². The van der Waals surface area contributed by atoms with E-state index in [1.807, 2.05) is 5.38 Å². The summed E-state index contributed by atoms with van der Waals surface area (Å²) < 4.78 is 1.61. The minimum absolute atomic E-state index is 0. The summed E-state index contributed by atoms with van der Waals surface area (Å²) in [7, 11) is 2.16. The fraction of sp³-hybridized carbons (Fsp3) is 0.600. The number of nitrogens with zero attached hydrogens (tertiary/aromatic N) is 3. The summed E-state index contributed by atoms with van der Waals surface area (Å²) in [6, 6.07) is 3.66. The molecule has 4 heterocycles. The lowest BCUT2D eigenvalue weighted by molar-refractivity contribution is 0.164. The quantitative estimate of drug-likeness (QED) is 0.927. The van der Waals surface area contributed by atoms with Gasteiger partial charge < -0.3 is 5.32 Å². The first kappa shape index (κ1) is 15.9. The van der Waals surface area contributed by atoms with E-state index in [-0.39, 0.29) is 18.0 Å². The number of rotatable bonds is 3. The minimum atomic E-state index is 0. The van der Waals surface area contributed by atoms with Gasteiger partial charge in [-0.3, -0.25) is 14.1 Å². The monoisotopic (exact) mass is 340 g/mol. The predicted molar refractivity (Wildman–Crippen MR) is 91.0 cm³/mol. The van der Waals surface area contributed by atoms with Crippen molar-refractivity contribution in [1.29, 1.82) is 0 Å². The first-order valence-corrected chi connectivity index (χ1v) is 8.49. The van der Waals surface area contributed by atoms with E-state index in [0.29, 0.717) is 18.1 Å². The van der Waals surface area contributed by atoms with Crippen LogP contribution >= 0.6 is 23.7 Å². The highest BCUT2D eigenvalue weighted by molar-refractivity contribution is 7.15. The van der Waals surface area contributed by atoms with Crippen LogP contribution in [0.2, 0.25) is 0 Å². The molecule has 2 unspecified atom stereocenters. The van der Waals surface area contributed by atoms with Crippen LogP contribution in [0.4, 0.5) is 0 Å². The second kappa shape index (κ2) is 6.28. The normalized spacial score (nSPS) is 27.3. The lowest BCUT2D eigenvalue weighted by Crippen LogP contribution is -2.46. The maximum Gasteiger partial charge on any atom is 0.258 e. The van der Waals surface area contributed by atoms with Crippen molar-refractivity contribution in [2.24, 2.45) is 0 Å². The number of aromatic nitrogens is 2. The fourth-order valence-electron chi connectivity index (χ4n) is 3.74. The Kier molecular flexibility index (Phi) is 4.54. The summed E-state index contributed by atoms with van der Waals surface area (Å²) in [5.41, 5.74) is 0.908. The molecule has 22 heavy (non-hydrogen) atoms. The molecule has 2 aromatic heterocycles. The van der Waals surface area contributed by atoms with E-state index in [9.17, 15) is 4.79 Å². The van der Waals surface area contributed by atoms with E-state index in [1.165, 1.54) is 37.0 Å². The van der Waals surface area contributed by atoms with Crippen LogP contribution in [-0.4, -0.2) is 39.5 Å². The number of nitrogens with one attached hydrogen (secondary N) is 1. The summed E-state index contributed by atoms with van der Waals surface area (Å²) in [6.07, 6.45) is 6.85. The van der Waals surface area contributed by atoms with Gasteiger partial charge in [0.25, 0.3) is 5.56 Å². The standard InChI is InChI=1S/C15H20N4OS.ClH/c1-18(13-6-10-2-3-11(7-13)16-10)9-12-8-14(20)19-4-5-21-15(19)17-12;/h4-5,8,10-11,13,16H,2-3,6-7,9H2,1H3;1H. The number of halogens is 1. The molecule has 0 radical (unpaired) electrons.